The van der Waals surface area contributed by atoms with E-state index in [-0.39, 0.29) is 11.9 Å². The van der Waals surface area contributed by atoms with Crippen molar-refractivity contribution in [2.45, 2.75) is 6.92 Å². The molecule has 1 aliphatic heterocycles. The molecule has 1 rings (SSSR count). The minimum atomic E-state index is -0.190. The van der Waals surface area contributed by atoms with Crippen LogP contribution >= 0.6 is 0 Å². The van der Waals surface area contributed by atoms with Crippen LogP contribution in [0.3, 0.4) is 0 Å². The van der Waals surface area contributed by atoms with Crippen molar-refractivity contribution in [1.29, 1.82) is 0 Å². The molecule has 0 spiro atoms. The molecule has 0 N–H and O–H groups in total. The minimum Gasteiger partial charge on any atom is -0.426 e. The number of hydrogen-bond acceptors (Lipinski definition) is 2. The van der Waals surface area contributed by atoms with E-state index >= 15 is 0 Å². The van der Waals surface area contributed by atoms with Crippen LogP contribution in [0.5, 0.6) is 0 Å². The van der Waals surface area contributed by atoms with Crippen LogP contribution in [0.1, 0.15) is 6.92 Å². The van der Waals surface area contributed by atoms with Crippen LogP contribution in [0.4, 0.5) is 0 Å². The third kappa shape index (κ3) is 1.02. The van der Waals surface area contributed by atoms with Gasteiger partial charge < -0.3 is 4.74 Å². The Morgan fingerprint density at radius 2 is 2.56 bits per heavy atom. The number of esters is 1. The highest BCUT2D eigenvalue weighted by atomic mass is 16.5. The number of carbonyl (C=O) groups is 1. The standard InChI is InChI=1S/C7H8O2/c1-3-6-4-5(2)7(8)9-6/h3-5H,1H2,2H3. The van der Waals surface area contributed by atoms with Gasteiger partial charge in [0.25, 0.3) is 0 Å². The fourth-order valence-electron chi connectivity index (χ4n) is 0.667. The first-order valence-corrected chi connectivity index (χ1v) is 2.80. The molecule has 9 heavy (non-hydrogen) atoms. The molecule has 1 unspecified atom stereocenters. The quantitative estimate of drug-likeness (QED) is 0.492. The number of allylic oxidation sites excluding steroid dienone is 1. The SMILES string of the molecule is C=CC1=CC(C)C(=O)O1. The lowest BCUT2D eigenvalue weighted by atomic mass is 10.2. The summed E-state index contributed by atoms with van der Waals surface area (Å²) in [6, 6.07) is 0. The zero-order chi connectivity index (χ0) is 6.85. The fraction of sp³-hybridized carbons (Fsp3) is 0.286. The molecular weight excluding hydrogens is 116 g/mol. The van der Waals surface area contributed by atoms with Crippen molar-refractivity contribution in [1.82, 2.24) is 0 Å². The van der Waals surface area contributed by atoms with E-state index in [1.54, 1.807) is 13.0 Å². The number of ether oxygens (including phenoxy) is 1. The predicted molar refractivity (Wildman–Crippen MR) is 33.5 cm³/mol. The van der Waals surface area contributed by atoms with Gasteiger partial charge in [-0.15, -0.1) is 0 Å². The molecule has 0 saturated heterocycles. The average Bonchev–Trinajstić information content (AvgIpc) is 2.13. The summed E-state index contributed by atoms with van der Waals surface area (Å²) < 4.78 is 4.73. The number of cyclic esters (lactones) is 1. The Bertz CT molecular complexity index is 179. The number of carbonyl (C=O) groups excluding carboxylic acids is 1. The van der Waals surface area contributed by atoms with Gasteiger partial charge in [0.05, 0.1) is 5.92 Å². The normalized spacial score (nSPS) is 25.2. The second-order valence-corrected chi connectivity index (χ2v) is 1.98. The molecular formula is C7H8O2. The van der Waals surface area contributed by atoms with Gasteiger partial charge in [0.15, 0.2) is 0 Å². The molecule has 0 radical (unpaired) electrons. The molecule has 0 aliphatic carbocycles. The monoisotopic (exact) mass is 124 g/mol. The lowest BCUT2D eigenvalue weighted by molar-refractivity contribution is -0.139. The van der Waals surface area contributed by atoms with Gasteiger partial charge in [0.2, 0.25) is 0 Å². The Balaban J connectivity index is 2.73. The first kappa shape index (κ1) is 6.08. The van der Waals surface area contributed by atoms with E-state index in [4.69, 9.17) is 4.74 Å². The lowest BCUT2D eigenvalue weighted by Gasteiger charge is -1.92. The van der Waals surface area contributed by atoms with Crippen molar-refractivity contribution in [3.8, 4) is 0 Å². The van der Waals surface area contributed by atoms with E-state index in [0.717, 1.165) is 0 Å². The molecule has 0 fully saturated rings. The van der Waals surface area contributed by atoms with Gasteiger partial charge in [0.1, 0.15) is 5.76 Å². The highest BCUT2D eigenvalue weighted by Gasteiger charge is 2.20. The second-order valence-electron chi connectivity index (χ2n) is 1.98. The highest BCUT2D eigenvalue weighted by molar-refractivity contribution is 5.78. The van der Waals surface area contributed by atoms with E-state index in [1.807, 2.05) is 0 Å². The largest absolute Gasteiger partial charge is 0.426 e. The van der Waals surface area contributed by atoms with Gasteiger partial charge in [-0.05, 0) is 19.1 Å². The number of rotatable bonds is 1. The zero-order valence-corrected chi connectivity index (χ0v) is 5.26. The Morgan fingerprint density at radius 1 is 1.89 bits per heavy atom. The molecule has 0 aromatic carbocycles. The smallest absolute Gasteiger partial charge is 0.318 e. The molecule has 0 amide bonds. The van der Waals surface area contributed by atoms with Crippen LogP contribution in [0.2, 0.25) is 0 Å². The molecule has 0 bridgehead atoms. The highest BCUT2D eigenvalue weighted by Crippen LogP contribution is 2.16. The molecule has 2 nitrogen and oxygen atoms in total. The lowest BCUT2D eigenvalue weighted by Crippen LogP contribution is -2.02. The average molecular weight is 124 g/mol. The second kappa shape index (κ2) is 2.05. The van der Waals surface area contributed by atoms with E-state index in [2.05, 4.69) is 6.58 Å². The Labute approximate surface area is 53.8 Å². The summed E-state index contributed by atoms with van der Waals surface area (Å²) in [5, 5.41) is 0. The van der Waals surface area contributed by atoms with Crippen LogP contribution in [0.25, 0.3) is 0 Å². The van der Waals surface area contributed by atoms with Gasteiger partial charge in [0, 0.05) is 0 Å². The van der Waals surface area contributed by atoms with Crippen molar-refractivity contribution in [2.75, 3.05) is 0 Å². The Morgan fingerprint density at radius 3 is 2.78 bits per heavy atom. The summed E-state index contributed by atoms with van der Waals surface area (Å²) in [7, 11) is 0. The molecule has 0 aromatic rings. The van der Waals surface area contributed by atoms with E-state index in [0.29, 0.717) is 5.76 Å². The Hall–Kier alpha value is -1.05. The molecule has 1 aliphatic rings. The molecule has 1 heterocycles. The Kier molecular flexibility index (Phi) is 1.39. The topological polar surface area (TPSA) is 26.3 Å². The van der Waals surface area contributed by atoms with Crippen molar-refractivity contribution < 1.29 is 9.53 Å². The molecule has 0 saturated carbocycles. The van der Waals surface area contributed by atoms with Crippen LogP contribution in [-0.2, 0) is 9.53 Å². The maximum absolute atomic E-state index is 10.6. The van der Waals surface area contributed by atoms with Crippen molar-refractivity contribution in [3.05, 3.63) is 24.5 Å². The summed E-state index contributed by atoms with van der Waals surface area (Å²) in [4.78, 5) is 10.6. The van der Waals surface area contributed by atoms with Gasteiger partial charge in [-0.2, -0.15) is 0 Å². The summed E-state index contributed by atoms with van der Waals surface area (Å²) in [5.74, 6) is 0.287. The van der Waals surface area contributed by atoms with Crippen molar-refractivity contribution in [3.63, 3.8) is 0 Å². The zero-order valence-electron chi connectivity index (χ0n) is 5.26. The summed E-state index contributed by atoms with van der Waals surface area (Å²) in [6.45, 7) is 5.26. The van der Waals surface area contributed by atoms with Crippen LogP contribution in [-0.4, -0.2) is 5.97 Å². The first-order chi connectivity index (χ1) is 4.24. The van der Waals surface area contributed by atoms with Gasteiger partial charge in [-0.25, -0.2) is 0 Å². The van der Waals surface area contributed by atoms with E-state index < -0.39 is 0 Å². The van der Waals surface area contributed by atoms with Gasteiger partial charge in [-0.1, -0.05) is 6.58 Å². The first-order valence-electron chi connectivity index (χ1n) is 2.80. The van der Waals surface area contributed by atoms with Crippen molar-refractivity contribution >= 4 is 5.97 Å². The third-order valence-corrected chi connectivity index (χ3v) is 1.21. The van der Waals surface area contributed by atoms with Crippen molar-refractivity contribution in [2.24, 2.45) is 5.92 Å². The molecule has 48 valence electrons. The minimum absolute atomic E-state index is 0.0991. The third-order valence-electron chi connectivity index (χ3n) is 1.21. The maximum Gasteiger partial charge on any atom is 0.318 e. The summed E-state index contributed by atoms with van der Waals surface area (Å²) >= 11 is 0. The fourth-order valence-corrected chi connectivity index (χ4v) is 0.667. The van der Waals surface area contributed by atoms with Crippen LogP contribution in [0, 0.1) is 5.92 Å². The summed E-state index contributed by atoms with van der Waals surface area (Å²) in [5.41, 5.74) is 0. The van der Waals surface area contributed by atoms with Gasteiger partial charge in [-0.3, -0.25) is 4.79 Å². The van der Waals surface area contributed by atoms with Crippen LogP contribution in [0.15, 0.2) is 24.5 Å². The molecule has 1 atom stereocenters. The van der Waals surface area contributed by atoms with Gasteiger partial charge >= 0.3 is 5.97 Å². The van der Waals surface area contributed by atoms with E-state index in [1.165, 1.54) is 6.08 Å². The molecule has 2 heteroatoms. The number of hydrogen-bond donors (Lipinski definition) is 0. The summed E-state index contributed by atoms with van der Waals surface area (Å²) in [6.07, 6.45) is 3.27. The van der Waals surface area contributed by atoms with E-state index in [9.17, 15) is 4.79 Å². The maximum atomic E-state index is 10.6. The van der Waals surface area contributed by atoms with Crippen LogP contribution < -0.4 is 0 Å². The predicted octanol–water partition coefficient (Wildman–Crippen LogP) is 1.25. The molecule has 0 aromatic heterocycles.